The number of thioether (sulfide) groups is 1. The van der Waals surface area contributed by atoms with Crippen LogP contribution in [0, 0.1) is 0 Å². The summed E-state index contributed by atoms with van der Waals surface area (Å²) in [4.78, 5) is 11.9. The molecule has 0 bridgehead atoms. The third-order valence-electron chi connectivity index (χ3n) is 2.91. The van der Waals surface area contributed by atoms with Gasteiger partial charge in [-0.3, -0.25) is 4.79 Å². The fourth-order valence-electron chi connectivity index (χ4n) is 1.59. The van der Waals surface area contributed by atoms with Crippen molar-refractivity contribution < 1.29 is 14.6 Å². The average Bonchev–Trinajstić information content (AvgIpc) is 2.44. The number of aliphatic hydroxyl groups is 1. The second-order valence-electron chi connectivity index (χ2n) is 5.03. The van der Waals surface area contributed by atoms with E-state index in [9.17, 15) is 9.90 Å². The van der Waals surface area contributed by atoms with Crippen molar-refractivity contribution in [1.82, 2.24) is 5.32 Å². The lowest BCUT2D eigenvalue weighted by Crippen LogP contribution is -2.45. The Morgan fingerprint density at radius 3 is 2.70 bits per heavy atom. The Morgan fingerprint density at radius 2 is 2.10 bits per heavy atom. The van der Waals surface area contributed by atoms with Crippen LogP contribution >= 0.6 is 11.8 Å². The van der Waals surface area contributed by atoms with Crippen LogP contribution in [0.2, 0.25) is 0 Å². The number of carbonyl (C=O) groups excluding carboxylic acids is 1. The molecule has 20 heavy (non-hydrogen) atoms. The van der Waals surface area contributed by atoms with E-state index in [1.54, 1.807) is 37.7 Å². The van der Waals surface area contributed by atoms with Crippen LogP contribution in [0.25, 0.3) is 0 Å². The molecule has 1 amide bonds. The molecule has 0 aromatic heterocycles. The van der Waals surface area contributed by atoms with Crippen LogP contribution in [0.15, 0.2) is 30.3 Å². The van der Waals surface area contributed by atoms with E-state index in [1.165, 1.54) is 0 Å². The summed E-state index contributed by atoms with van der Waals surface area (Å²) >= 11 is 1.67. The largest absolute Gasteiger partial charge is 0.481 e. The van der Waals surface area contributed by atoms with E-state index in [0.717, 1.165) is 5.75 Å². The van der Waals surface area contributed by atoms with E-state index in [-0.39, 0.29) is 12.5 Å². The molecule has 1 aromatic rings. The van der Waals surface area contributed by atoms with Gasteiger partial charge in [-0.25, -0.2) is 0 Å². The zero-order valence-corrected chi connectivity index (χ0v) is 13.1. The predicted octanol–water partition coefficient (Wildman–Crippen LogP) is 2.07. The third-order valence-corrected chi connectivity index (χ3v) is 3.53. The van der Waals surface area contributed by atoms with Gasteiger partial charge >= 0.3 is 0 Å². The molecule has 4 nitrogen and oxygen atoms in total. The molecule has 2 atom stereocenters. The minimum Gasteiger partial charge on any atom is -0.481 e. The highest BCUT2D eigenvalue weighted by Crippen LogP contribution is 2.13. The standard InChI is InChI=1S/C15H23NO3S/c1-12(19-13-7-5-4-6-8-13)14(17)16-11-15(2,18)9-10-20-3/h4-8,12,18H,9-11H2,1-3H3,(H,16,17)/t12-,15+/m0/s1. The van der Waals surface area contributed by atoms with Crippen molar-refractivity contribution in [2.45, 2.75) is 32.0 Å². The number of nitrogens with one attached hydrogen (secondary N) is 1. The number of ether oxygens (including phenoxy) is 1. The van der Waals surface area contributed by atoms with E-state index < -0.39 is 11.7 Å². The highest BCUT2D eigenvalue weighted by molar-refractivity contribution is 7.98. The molecule has 1 aromatic carbocycles. The van der Waals surface area contributed by atoms with Gasteiger partial charge < -0.3 is 15.2 Å². The average molecular weight is 297 g/mol. The van der Waals surface area contributed by atoms with E-state index >= 15 is 0 Å². The van der Waals surface area contributed by atoms with Crippen LogP contribution in [0.5, 0.6) is 5.75 Å². The molecular weight excluding hydrogens is 274 g/mol. The summed E-state index contributed by atoms with van der Waals surface area (Å²) < 4.78 is 5.52. The van der Waals surface area contributed by atoms with Crippen molar-refractivity contribution in [3.05, 3.63) is 30.3 Å². The molecule has 0 fully saturated rings. The van der Waals surface area contributed by atoms with Crippen LogP contribution in [-0.4, -0.2) is 41.3 Å². The predicted molar refractivity (Wildman–Crippen MR) is 83.2 cm³/mol. The van der Waals surface area contributed by atoms with Crippen molar-refractivity contribution in [1.29, 1.82) is 0 Å². The van der Waals surface area contributed by atoms with Crippen molar-refractivity contribution in [3.8, 4) is 5.75 Å². The summed E-state index contributed by atoms with van der Waals surface area (Å²) in [6, 6.07) is 9.21. The van der Waals surface area contributed by atoms with Gasteiger partial charge in [0, 0.05) is 6.54 Å². The molecule has 0 radical (unpaired) electrons. The Morgan fingerprint density at radius 1 is 1.45 bits per heavy atom. The van der Waals surface area contributed by atoms with E-state index in [0.29, 0.717) is 12.2 Å². The smallest absolute Gasteiger partial charge is 0.260 e. The van der Waals surface area contributed by atoms with Gasteiger partial charge in [0.25, 0.3) is 5.91 Å². The number of hydrogen-bond acceptors (Lipinski definition) is 4. The Balaban J connectivity index is 2.38. The fraction of sp³-hybridized carbons (Fsp3) is 0.533. The van der Waals surface area contributed by atoms with Crippen molar-refractivity contribution in [3.63, 3.8) is 0 Å². The van der Waals surface area contributed by atoms with Crippen LogP contribution in [0.4, 0.5) is 0 Å². The van der Waals surface area contributed by atoms with Crippen LogP contribution < -0.4 is 10.1 Å². The van der Waals surface area contributed by atoms with Crippen molar-refractivity contribution in [2.24, 2.45) is 0 Å². The first-order valence-electron chi connectivity index (χ1n) is 6.65. The molecule has 2 N–H and O–H groups in total. The lowest BCUT2D eigenvalue weighted by Gasteiger charge is -2.24. The zero-order chi connectivity index (χ0) is 15.0. The second-order valence-corrected chi connectivity index (χ2v) is 6.02. The lowest BCUT2D eigenvalue weighted by atomic mass is 10.0. The quantitative estimate of drug-likeness (QED) is 0.771. The number of hydrogen-bond donors (Lipinski definition) is 2. The summed E-state index contributed by atoms with van der Waals surface area (Å²) in [7, 11) is 0. The normalized spacial score (nSPS) is 15.2. The summed E-state index contributed by atoms with van der Waals surface area (Å²) in [6.45, 7) is 3.65. The molecule has 1 rings (SSSR count). The van der Waals surface area contributed by atoms with Crippen LogP contribution in [-0.2, 0) is 4.79 Å². The number of carbonyl (C=O) groups is 1. The number of benzene rings is 1. The molecule has 0 spiro atoms. The first kappa shape index (κ1) is 16.9. The number of rotatable bonds is 8. The maximum Gasteiger partial charge on any atom is 0.260 e. The van der Waals surface area contributed by atoms with Gasteiger partial charge in [-0.1, -0.05) is 18.2 Å². The maximum atomic E-state index is 11.9. The molecule has 112 valence electrons. The first-order chi connectivity index (χ1) is 9.44. The second kappa shape index (κ2) is 8.17. The highest BCUT2D eigenvalue weighted by atomic mass is 32.2. The van der Waals surface area contributed by atoms with Crippen LogP contribution in [0.1, 0.15) is 20.3 Å². The van der Waals surface area contributed by atoms with E-state index in [1.807, 2.05) is 24.5 Å². The maximum absolute atomic E-state index is 11.9. The van der Waals surface area contributed by atoms with Gasteiger partial charge in [0.05, 0.1) is 5.60 Å². The number of amides is 1. The molecule has 0 aliphatic heterocycles. The van der Waals surface area contributed by atoms with Crippen molar-refractivity contribution >= 4 is 17.7 Å². The van der Waals surface area contributed by atoms with E-state index in [2.05, 4.69) is 5.32 Å². The summed E-state index contributed by atoms with van der Waals surface area (Å²) in [6.07, 6.45) is 2.04. The Bertz CT molecular complexity index is 409. The zero-order valence-electron chi connectivity index (χ0n) is 12.3. The lowest BCUT2D eigenvalue weighted by molar-refractivity contribution is -0.128. The Labute approximate surface area is 124 Å². The molecule has 5 heteroatoms. The van der Waals surface area contributed by atoms with Gasteiger partial charge in [0.1, 0.15) is 5.75 Å². The summed E-state index contributed by atoms with van der Waals surface area (Å²) in [5.41, 5.74) is -0.884. The Kier molecular flexibility index (Phi) is 6.88. The molecule has 0 saturated heterocycles. The molecule has 0 aliphatic rings. The van der Waals surface area contributed by atoms with E-state index in [4.69, 9.17) is 4.74 Å². The molecule has 0 aliphatic carbocycles. The molecule has 0 heterocycles. The topological polar surface area (TPSA) is 58.6 Å². The SMILES string of the molecule is CSCC[C@@](C)(O)CNC(=O)[C@H](C)Oc1ccccc1. The minimum absolute atomic E-state index is 0.224. The minimum atomic E-state index is -0.884. The summed E-state index contributed by atoms with van der Waals surface area (Å²) in [5, 5.41) is 12.8. The Hall–Kier alpha value is -1.20. The fourth-order valence-corrected chi connectivity index (χ4v) is 2.23. The van der Waals surface area contributed by atoms with Gasteiger partial charge in [-0.15, -0.1) is 0 Å². The molecular formula is C15H23NO3S. The number of para-hydroxylation sites is 1. The summed E-state index contributed by atoms with van der Waals surface area (Å²) in [5.74, 6) is 1.29. The monoisotopic (exact) mass is 297 g/mol. The molecule has 0 unspecified atom stereocenters. The molecule has 0 saturated carbocycles. The third kappa shape index (κ3) is 6.30. The van der Waals surface area contributed by atoms with Crippen molar-refractivity contribution in [2.75, 3.05) is 18.6 Å². The van der Waals surface area contributed by atoms with Gasteiger partial charge in [0.2, 0.25) is 0 Å². The van der Waals surface area contributed by atoms with Gasteiger partial charge in [-0.05, 0) is 44.4 Å². The van der Waals surface area contributed by atoms with Gasteiger partial charge in [-0.2, -0.15) is 11.8 Å². The first-order valence-corrected chi connectivity index (χ1v) is 8.05. The highest BCUT2D eigenvalue weighted by Gasteiger charge is 2.22. The van der Waals surface area contributed by atoms with Crippen LogP contribution in [0.3, 0.4) is 0 Å². The van der Waals surface area contributed by atoms with Gasteiger partial charge in [0.15, 0.2) is 6.10 Å².